The first-order valence-electron chi connectivity index (χ1n) is 6.07. The van der Waals surface area contributed by atoms with Crippen LogP contribution in [0.25, 0.3) is 0 Å². The highest BCUT2D eigenvalue weighted by atomic mass is 35.5. The number of hydrazone groups is 1. The van der Waals surface area contributed by atoms with E-state index in [-0.39, 0.29) is 5.91 Å². The molecule has 21 heavy (non-hydrogen) atoms. The molecule has 0 spiro atoms. The van der Waals surface area contributed by atoms with E-state index >= 15 is 0 Å². The smallest absolute Gasteiger partial charge is 0.249 e. The Kier molecular flexibility index (Phi) is 4.47. The second-order valence-electron chi connectivity index (χ2n) is 4.63. The van der Waals surface area contributed by atoms with Crippen LogP contribution in [0.5, 0.6) is 0 Å². The first-order chi connectivity index (χ1) is 9.99. The zero-order chi connectivity index (χ0) is 15.6. The molecule has 0 saturated carbocycles. The highest BCUT2D eigenvalue weighted by Crippen LogP contribution is 2.39. The van der Waals surface area contributed by atoms with Gasteiger partial charge in [-0.3, -0.25) is 4.79 Å². The maximum atomic E-state index is 12.0. The van der Waals surface area contributed by atoms with E-state index in [0.717, 1.165) is 0 Å². The topological polar surface area (TPSA) is 89.0 Å². The van der Waals surface area contributed by atoms with Crippen LogP contribution >= 0.6 is 23.2 Å². The van der Waals surface area contributed by atoms with Crippen molar-refractivity contribution in [2.45, 2.75) is 12.8 Å². The van der Waals surface area contributed by atoms with Gasteiger partial charge in [-0.1, -0.05) is 29.3 Å². The molecular formula is C14H10Cl2N4O. The molecule has 0 fully saturated rings. The third kappa shape index (κ3) is 2.85. The van der Waals surface area contributed by atoms with Crippen molar-refractivity contribution in [3.8, 4) is 12.1 Å². The minimum atomic E-state index is -1.03. The molecule has 0 saturated heterocycles. The van der Waals surface area contributed by atoms with E-state index in [0.29, 0.717) is 21.3 Å². The summed E-state index contributed by atoms with van der Waals surface area (Å²) in [6.07, 6.45) is 0. The van der Waals surface area contributed by atoms with Gasteiger partial charge in [0.15, 0.2) is 0 Å². The number of nitrogens with one attached hydrogen (secondary N) is 1. The van der Waals surface area contributed by atoms with Crippen LogP contribution in [0.3, 0.4) is 0 Å². The second-order valence-corrected chi connectivity index (χ2v) is 5.48. The maximum Gasteiger partial charge on any atom is 0.249 e. The van der Waals surface area contributed by atoms with Crippen molar-refractivity contribution < 1.29 is 4.79 Å². The van der Waals surface area contributed by atoms with Crippen LogP contribution in [0.4, 0.5) is 0 Å². The van der Waals surface area contributed by atoms with E-state index in [4.69, 9.17) is 23.2 Å². The predicted octanol–water partition coefficient (Wildman–Crippen LogP) is 2.86. The van der Waals surface area contributed by atoms with Crippen molar-refractivity contribution in [2.24, 2.45) is 16.9 Å². The summed E-state index contributed by atoms with van der Waals surface area (Å²) in [6, 6.07) is 8.62. The Hall–Kier alpha value is -2.08. The van der Waals surface area contributed by atoms with E-state index in [1.807, 2.05) is 12.1 Å². The maximum absolute atomic E-state index is 12.0. The van der Waals surface area contributed by atoms with Gasteiger partial charge in [0, 0.05) is 21.7 Å². The fourth-order valence-electron chi connectivity index (χ4n) is 2.41. The monoisotopic (exact) mass is 320 g/mol. The number of rotatable bonds is 3. The van der Waals surface area contributed by atoms with Crippen LogP contribution < -0.4 is 5.43 Å². The van der Waals surface area contributed by atoms with Crippen LogP contribution in [0.15, 0.2) is 23.3 Å². The third-order valence-corrected chi connectivity index (χ3v) is 3.96. The number of benzene rings is 1. The normalized spacial score (nSPS) is 18.7. The fraction of sp³-hybridized carbons (Fsp3) is 0.286. The Morgan fingerprint density at radius 2 is 2.00 bits per heavy atom. The summed E-state index contributed by atoms with van der Waals surface area (Å²) in [7, 11) is 0. The molecule has 1 heterocycles. The lowest BCUT2D eigenvalue weighted by atomic mass is 9.76. The summed E-state index contributed by atoms with van der Waals surface area (Å²) in [6.45, 7) is 1.67. The molecule has 1 aromatic carbocycles. The van der Waals surface area contributed by atoms with Crippen molar-refractivity contribution in [2.75, 3.05) is 0 Å². The number of hydrogen-bond acceptors (Lipinski definition) is 4. The number of hydrogen-bond donors (Lipinski definition) is 1. The van der Waals surface area contributed by atoms with Crippen molar-refractivity contribution in [1.82, 2.24) is 5.43 Å². The zero-order valence-electron chi connectivity index (χ0n) is 11.0. The summed E-state index contributed by atoms with van der Waals surface area (Å²) in [5, 5.41) is 23.1. The quantitative estimate of drug-likeness (QED) is 0.928. The van der Waals surface area contributed by atoms with Crippen LogP contribution in [0, 0.1) is 34.5 Å². The molecule has 1 aromatic rings. The lowest BCUT2D eigenvalue weighted by Crippen LogP contribution is -2.32. The van der Waals surface area contributed by atoms with Gasteiger partial charge in [0.1, 0.15) is 5.92 Å². The van der Waals surface area contributed by atoms with Crippen LogP contribution in [0.1, 0.15) is 18.4 Å². The molecule has 2 rings (SSSR count). The van der Waals surface area contributed by atoms with Crippen molar-refractivity contribution >= 4 is 34.8 Å². The minimum Gasteiger partial charge on any atom is -0.272 e. The van der Waals surface area contributed by atoms with Gasteiger partial charge in [0.2, 0.25) is 5.91 Å². The van der Waals surface area contributed by atoms with E-state index in [1.165, 1.54) is 6.07 Å². The second kappa shape index (κ2) is 6.13. The molecule has 1 aliphatic heterocycles. The summed E-state index contributed by atoms with van der Waals surface area (Å²) in [4.78, 5) is 12.0. The Balaban J connectivity index is 2.57. The lowest BCUT2D eigenvalue weighted by Gasteiger charge is -2.24. The number of carbonyl (C=O) groups excluding carboxylic acids is 1. The van der Waals surface area contributed by atoms with Gasteiger partial charge in [-0.2, -0.15) is 15.6 Å². The van der Waals surface area contributed by atoms with Gasteiger partial charge >= 0.3 is 0 Å². The highest BCUT2D eigenvalue weighted by molar-refractivity contribution is 6.35. The molecule has 0 bridgehead atoms. The summed E-state index contributed by atoms with van der Waals surface area (Å²) in [5.41, 5.74) is 3.42. The predicted molar refractivity (Wildman–Crippen MR) is 78.7 cm³/mol. The SMILES string of the molecule is CC1=NNC(=O)[C@H]1[C@@H](c1ccc(Cl)cc1Cl)C(C#N)C#N. The molecular weight excluding hydrogens is 311 g/mol. The summed E-state index contributed by atoms with van der Waals surface area (Å²) in [5.74, 6) is -2.77. The highest BCUT2D eigenvalue weighted by Gasteiger charge is 2.41. The van der Waals surface area contributed by atoms with Gasteiger partial charge < -0.3 is 0 Å². The van der Waals surface area contributed by atoms with Gasteiger partial charge in [-0.05, 0) is 24.6 Å². The first-order valence-corrected chi connectivity index (χ1v) is 6.83. The molecule has 1 aliphatic rings. The molecule has 2 atom stereocenters. The van der Waals surface area contributed by atoms with Gasteiger partial charge in [0.05, 0.1) is 18.1 Å². The molecule has 0 unspecified atom stereocenters. The van der Waals surface area contributed by atoms with Crippen molar-refractivity contribution in [3.63, 3.8) is 0 Å². The van der Waals surface area contributed by atoms with Crippen molar-refractivity contribution in [1.29, 1.82) is 10.5 Å². The summed E-state index contributed by atoms with van der Waals surface area (Å²) >= 11 is 12.0. The molecule has 0 aliphatic carbocycles. The minimum absolute atomic E-state index is 0.315. The molecule has 0 aromatic heterocycles. The average Bonchev–Trinajstić information content (AvgIpc) is 2.77. The Morgan fingerprint density at radius 3 is 2.48 bits per heavy atom. The van der Waals surface area contributed by atoms with Gasteiger partial charge in [-0.25, -0.2) is 5.43 Å². The number of carbonyl (C=O) groups is 1. The van der Waals surface area contributed by atoms with Gasteiger partial charge in [0.25, 0.3) is 0 Å². The largest absolute Gasteiger partial charge is 0.272 e. The van der Waals surface area contributed by atoms with Crippen LogP contribution in [0.2, 0.25) is 10.0 Å². The Bertz CT molecular complexity index is 688. The van der Waals surface area contributed by atoms with Crippen LogP contribution in [-0.2, 0) is 4.79 Å². The molecule has 0 radical (unpaired) electrons. The standard InChI is InChI=1S/C14H10Cl2N4O/c1-7-12(14(21)20-19-7)13(8(5-17)6-18)10-3-2-9(15)4-11(10)16/h2-4,8,12-13H,1H3,(H,20,21)/t12-,13-/m1/s1. The molecule has 1 amide bonds. The summed E-state index contributed by atoms with van der Waals surface area (Å²) < 4.78 is 0. The van der Waals surface area contributed by atoms with Crippen molar-refractivity contribution in [3.05, 3.63) is 33.8 Å². The number of amides is 1. The number of halogens is 2. The number of nitriles is 2. The van der Waals surface area contributed by atoms with Crippen LogP contribution in [-0.4, -0.2) is 11.6 Å². The van der Waals surface area contributed by atoms with E-state index in [2.05, 4.69) is 10.5 Å². The first kappa shape index (κ1) is 15.3. The number of nitrogens with zero attached hydrogens (tertiary/aromatic N) is 3. The lowest BCUT2D eigenvalue weighted by molar-refractivity contribution is -0.122. The fourth-order valence-corrected chi connectivity index (χ4v) is 2.94. The Morgan fingerprint density at radius 1 is 1.33 bits per heavy atom. The van der Waals surface area contributed by atoms with E-state index in [1.54, 1.807) is 19.1 Å². The molecule has 106 valence electrons. The Labute approximate surface area is 131 Å². The molecule has 1 N–H and O–H groups in total. The van der Waals surface area contributed by atoms with E-state index < -0.39 is 17.8 Å². The van der Waals surface area contributed by atoms with E-state index in [9.17, 15) is 15.3 Å². The molecule has 7 heteroatoms. The third-order valence-electron chi connectivity index (χ3n) is 3.39. The molecule has 5 nitrogen and oxygen atoms in total. The van der Waals surface area contributed by atoms with Gasteiger partial charge in [-0.15, -0.1) is 0 Å². The zero-order valence-corrected chi connectivity index (χ0v) is 12.5. The average molecular weight is 321 g/mol.